The van der Waals surface area contributed by atoms with Gasteiger partial charge in [0, 0.05) is 33.7 Å². The minimum Gasteiger partial charge on any atom is -0.395 e. The van der Waals surface area contributed by atoms with E-state index in [-0.39, 0.29) is 41.7 Å². The lowest BCUT2D eigenvalue weighted by Gasteiger charge is -2.27. The van der Waals surface area contributed by atoms with E-state index in [0.29, 0.717) is 43.5 Å². The van der Waals surface area contributed by atoms with Crippen LogP contribution in [0.3, 0.4) is 0 Å². The quantitative estimate of drug-likeness (QED) is 0.620. The largest absolute Gasteiger partial charge is 0.395 e. The number of aliphatic hydroxyl groups is 1. The number of rotatable bonds is 4. The number of hydrogen-bond acceptors (Lipinski definition) is 8. The summed E-state index contributed by atoms with van der Waals surface area (Å²) in [5, 5.41) is 20.6. The number of aromatic nitrogens is 4. The molecule has 0 radical (unpaired) electrons. The highest BCUT2D eigenvalue weighted by Gasteiger charge is 2.42. The van der Waals surface area contributed by atoms with Gasteiger partial charge in [0.2, 0.25) is 11.6 Å². The van der Waals surface area contributed by atoms with Crippen molar-refractivity contribution >= 4 is 23.2 Å². The van der Waals surface area contributed by atoms with Crippen LogP contribution in [0.15, 0.2) is 0 Å². The summed E-state index contributed by atoms with van der Waals surface area (Å²) in [6.45, 7) is 2.48. The minimum absolute atomic E-state index is 0.106. The van der Waals surface area contributed by atoms with Crippen molar-refractivity contribution in [1.82, 2.24) is 19.6 Å². The SMILES string of the molecule is Cn1nc(NCCO)c2c1C(=O)c1c(N3CCOCC3)nn(C)c1C2=O. The first-order valence-corrected chi connectivity index (χ1v) is 8.45. The lowest BCUT2D eigenvalue weighted by molar-refractivity contribution is 0.0968. The molecule has 10 nitrogen and oxygen atoms in total. The Kier molecular flexibility index (Phi) is 4.00. The molecule has 2 N–H and O–H groups in total. The zero-order valence-corrected chi connectivity index (χ0v) is 14.7. The van der Waals surface area contributed by atoms with Crippen molar-refractivity contribution in [2.75, 3.05) is 49.7 Å². The van der Waals surface area contributed by atoms with Gasteiger partial charge in [-0.05, 0) is 0 Å². The van der Waals surface area contributed by atoms with Crippen LogP contribution in [-0.4, -0.2) is 75.7 Å². The summed E-state index contributed by atoms with van der Waals surface area (Å²) >= 11 is 0. The maximum atomic E-state index is 13.2. The predicted octanol–water partition coefficient (Wildman–Crippen LogP) is -0.830. The number of carbonyl (C=O) groups is 2. The van der Waals surface area contributed by atoms with Crippen molar-refractivity contribution in [3.63, 3.8) is 0 Å². The molecule has 0 spiro atoms. The fraction of sp³-hybridized carbons (Fsp3) is 0.500. The predicted molar refractivity (Wildman–Crippen MR) is 91.9 cm³/mol. The lowest BCUT2D eigenvalue weighted by Crippen LogP contribution is -2.37. The second kappa shape index (κ2) is 6.22. The molecule has 2 aromatic rings. The molecule has 1 saturated heterocycles. The Balaban J connectivity index is 1.84. The smallest absolute Gasteiger partial charge is 0.217 e. The van der Waals surface area contributed by atoms with E-state index in [2.05, 4.69) is 15.5 Å². The lowest BCUT2D eigenvalue weighted by atomic mass is 9.91. The molecule has 2 aromatic heterocycles. The van der Waals surface area contributed by atoms with Crippen molar-refractivity contribution < 1.29 is 19.4 Å². The highest BCUT2D eigenvalue weighted by atomic mass is 16.5. The van der Waals surface area contributed by atoms with E-state index < -0.39 is 0 Å². The van der Waals surface area contributed by atoms with E-state index >= 15 is 0 Å². The van der Waals surface area contributed by atoms with Gasteiger partial charge in [-0.15, -0.1) is 0 Å². The highest BCUT2D eigenvalue weighted by Crippen LogP contribution is 2.36. The average molecular weight is 360 g/mol. The topological polar surface area (TPSA) is 115 Å². The summed E-state index contributed by atoms with van der Waals surface area (Å²) in [5.74, 6) is 0.254. The van der Waals surface area contributed by atoms with Gasteiger partial charge in [0.1, 0.15) is 11.4 Å². The molecular weight excluding hydrogens is 340 g/mol. The van der Waals surface area contributed by atoms with Crippen LogP contribution in [0.5, 0.6) is 0 Å². The highest BCUT2D eigenvalue weighted by molar-refractivity contribution is 6.30. The number of fused-ring (bicyclic) bond motifs is 2. The molecule has 0 amide bonds. The maximum Gasteiger partial charge on any atom is 0.217 e. The first-order chi connectivity index (χ1) is 12.5. The standard InChI is InChI=1S/C16H20N6O4/c1-20-11-9(15(18-20)17-3-6-23)13(24)12-10(14(11)25)16(19-21(12)2)22-4-7-26-8-5-22/h23H,3-8H2,1-2H3,(H,17,18). The third-order valence-corrected chi connectivity index (χ3v) is 4.68. The van der Waals surface area contributed by atoms with Crippen LogP contribution >= 0.6 is 0 Å². The van der Waals surface area contributed by atoms with E-state index in [1.807, 2.05) is 4.90 Å². The normalized spacial score (nSPS) is 16.7. The van der Waals surface area contributed by atoms with Crippen LogP contribution in [-0.2, 0) is 18.8 Å². The monoisotopic (exact) mass is 360 g/mol. The van der Waals surface area contributed by atoms with E-state index in [0.717, 1.165) is 0 Å². The number of nitrogens with one attached hydrogen (secondary N) is 1. The molecule has 1 fully saturated rings. The number of nitrogens with zero attached hydrogens (tertiary/aromatic N) is 5. The van der Waals surface area contributed by atoms with Crippen molar-refractivity contribution in [3.05, 3.63) is 22.5 Å². The van der Waals surface area contributed by atoms with Gasteiger partial charge in [-0.1, -0.05) is 0 Å². The van der Waals surface area contributed by atoms with E-state index in [1.165, 1.54) is 9.36 Å². The summed E-state index contributed by atoms with van der Waals surface area (Å²) < 4.78 is 8.24. The van der Waals surface area contributed by atoms with Crippen LogP contribution in [0.1, 0.15) is 32.1 Å². The Bertz CT molecular complexity index is 893. The Hall–Kier alpha value is -2.72. The summed E-state index contributed by atoms with van der Waals surface area (Å²) in [4.78, 5) is 28.4. The van der Waals surface area contributed by atoms with Gasteiger partial charge in [0.25, 0.3) is 0 Å². The van der Waals surface area contributed by atoms with Crippen LogP contribution < -0.4 is 10.2 Å². The molecule has 26 heavy (non-hydrogen) atoms. The van der Waals surface area contributed by atoms with Crippen LogP contribution in [0.2, 0.25) is 0 Å². The molecule has 3 heterocycles. The zero-order valence-electron chi connectivity index (χ0n) is 14.7. The van der Waals surface area contributed by atoms with Crippen molar-refractivity contribution in [2.24, 2.45) is 14.1 Å². The molecule has 138 valence electrons. The Morgan fingerprint density at radius 1 is 1.04 bits per heavy atom. The van der Waals surface area contributed by atoms with E-state index in [1.54, 1.807) is 14.1 Å². The number of morpholine rings is 1. The molecule has 2 aliphatic rings. The molecular formula is C16H20N6O4. The number of hydrogen-bond donors (Lipinski definition) is 2. The summed E-state index contributed by atoms with van der Waals surface area (Å²) in [6, 6.07) is 0. The first-order valence-electron chi connectivity index (χ1n) is 8.45. The third-order valence-electron chi connectivity index (χ3n) is 4.68. The van der Waals surface area contributed by atoms with Gasteiger partial charge < -0.3 is 20.1 Å². The number of ether oxygens (including phenoxy) is 1. The second-order valence-corrected chi connectivity index (χ2v) is 6.27. The molecule has 0 bridgehead atoms. The second-order valence-electron chi connectivity index (χ2n) is 6.27. The van der Waals surface area contributed by atoms with Gasteiger partial charge in [-0.3, -0.25) is 19.0 Å². The number of ketones is 2. The Morgan fingerprint density at radius 3 is 2.35 bits per heavy atom. The number of carbonyl (C=O) groups excluding carboxylic acids is 2. The molecule has 10 heteroatoms. The maximum absolute atomic E-state index is 13.2. The summed E-state index contributed by atoms with van der Waals surface area (Å²) in [6.07, 6.45) is 0. The molecule has 1 aliphatic carbocycles. The number of anilines is 2. The summed E-state index contributed by atoms with van der Waals surface area (Å²) in [5.41, 5.74) is 1.06. The summed E-state index contributed by atoms with van der Waals surface area (Å²) in [7, 11) is 3.29. The van der Waals surface area contributed by atoms with Gasteiger partial charge in [-0.2, -0.15) is 10.2 Å². The van der Waals surface area contributed by atoms with Gasteiger partial charge in [-0.25, -0.2) is 0 Å². The molecule has 0 atom stereocenters. The Labute approximate surface area is 149 Å². The molecule has 4 rings (SSSR count). The Morgan fingerprint density at radius 2 is 1.65 bits per heavy atom. The molecule has 0 unspecified atom stereocenters. The molecule has 0 aromatic carbocycles. The molecule has 0 saturated carbocycles. The number of aryl methyl sites for hydroxylation is 2. The van der Waals surface area contributed by atoms with Crippen LogP contribution in [0.25, 0.3) is 0 Å². The minimum atomic E-state index is -0.294. The zero-order chi connectivity index (χ0) is 18.4. The van der Waals surface area contributed by atoms with Crippen molar-refractivity contribution in [1.29, 1.82) is 0 Å². The fourth-order valence-electron chi connectivity index (χ4n) is 3.51. The van der Waals surface area contributed by atoms with Crippen molar-refractivity contribution in [2.45, 2.75) is 0 Å². The van der Waals surface area contributed by atoms with Gasteiger partial charge in [0.05, 0.1) is 30.9 Å². The van der Waals surface area contributed by atoms with E-state index in [9.17, 15) is 9.59 Å². The van der Waals surface area contributed by atoms with E-state index in [4.69, 9.17) is 9.84 Å². The van der Waals surface area contributed by atoms with Gasteiger partial charge >= 0.3 is 0 Å². The average Bonchev–Trinajstić information content (AvgIpc) is 3.16. The van der Waals surface area contributed by atoms with Crippen LogP contribution in [0.4, 0.5) is 11.6 Å². The molecule has 1 aliphatic heterocycles. The van der Waals surface area contributed by atoms with Crippen molar-refractivity contribution in [3.8, 4) is 0 Å². The third kappa shape index (κ3) is 2.33. The van der Waals surface area contributed by atoms with Crippen LogP contribution in [0, 0.1) is 0 Å². The van der Waals surface area contributed by atoms with Gasteiger partial charge in [0.15, 0.2) is 11.6 Å². The fourth-order valence-corrected chi connectivity index (χ4v) is 3.51. The first kappa shape index (κ1) is 16.7. The number of aliphatic hydroxyl groups excluding tert-OH is 1.